The molecule has 0 spiro atoms. The van der Waals surface area contributed by atoms with Gasteiger partial charge in [-0.2, -0.15) is 0 Å². The lowest BCUT2D eigenvalue weighted by molar-refractivity contribution is 0.0963. The van der Waals surface area contributed by atoms with Crippen molar-refractivity contribution in [2.75, 3.05) is 5.32 Å². The number of rotatable bonds is 4. The number of hydrogen-bond acceptors (Lipinski definition) is 3. The number of urea groups is 1. The zero-order chi connectivity index (χ0) is 23.6. The van der Waals surface area contributed by atoms with Crippen molar-refractivity contribution in [2.24, 2.45) is 0 Å². The number of amides is 3. The number of imide groups is 1. The van der Waals surface area contributed by atoms with E-state index in [2.05, 4.69) is 26.6 Å². The molecule has 0 saturated heterocycles. The highest BCUT2D eigenvalue weighted by Gasteiger charge is 2.19. The Bertz CT molecular complexity index is 1240. The van der Waals surface area contributed by atoms with E-state index >= 15 is 0 Å². The van der Waals surface area contributed by atoms with Crippen LogP contribution >= 0.6 is 50.7 Å². The first-order chi connectivity index (χ1) is 15.1. The van der Waals surface area contributed by atoms with Crippen LogP contribution in [0.15, 0.2) is 46.9 Å². The van der Waals surface area contributed by atoms with Crippen molar-refractivity contribution in [3.05, 3.63) is 84.5 Å². The highest BCUT2D eigenvalue weighted by molar-refractivity contribution is 9.10. The molecule has 3 amide bonds. The second-order valence-electron chi connectivity index (χ2n) is 6.70. The molecule has 0 radical (unpaired) electrons. The van der Waals surface area contributed by atoms with E-state index in [4.69, 9.17) is 39.5 Å². The highest BCUT2D eigenvalue weighted by atomic mass is 79.9. The molecule has 0 fully saturated rings. The third kappa shape index (κ3) is 5.35. The maximum absolute atomic E-state index is 13.7. The SMILES string of the molecule is Cc1cc(NC(=O)NC(=O)c2ccccc2F)c(C)c(Cl)c1Oc1cc(Cl)c(Cl)cc1Br. The van der Waals surface area contributed by atoms with Crippen molar-refractivity contribution in [3.63, 3.8) is 0 Å². The largest absolute Gasteiger partial charge is 0.454 e. The Balaban J connectivity index is 1.81. The Morgan fingerprint density at radius 3 is 2.38 bits per heavy atom. The van der Waals surface area contributed by atoms with Crippen LogP contribution in [0.2, 0.25) is 15.1 Å². The number of hydrogen-bond donors (Lipinski definition) is 2. The number of anilines is 1. The maximum atomic E-state index is 13.7. The topological polar surface area (TPSA) is 67.4 Å². The summed E-state index contributed by atoms with van der Waals surface area (Å²) in [5.74, 6) is -0.845. The first kappa shape index (κ1) is 24.3. The van der Waals surface area contributed by atoms with Crippen LogP contribution in [0.1, 0.15) is 21.5 Å². The fourth-order valence-electron chi connectivity index (χ4n) is 2.77. The zero-order valence-corrected chi connectivity index (χ0v) is 20.5. The quantitative estimate of drug-likeness (QED) is 0.319. The van der Waals surface area contributed by atoms with E-state index < -0.39 is 17.8 Å². The lowest BCUT2D eigenvalue weighted by Crippen LogP contribution is -2.35. The van der Waals surface area contributed by atoms with Crippen LogP contribution in [0.4, 0.5) is 14.9 Å². The van der Waals surface area contributed by atoms with Gasteiger partial charge in [-0.15, -0.1) is 0 Å². The second-order valence-corrected chi connectivity index (χ2v) is 8.74. The molecule has 0 heterocycles. The number of benzene rings is 3. The fraction of sp³-hybridized carbons (Fsp3) is 0.0909. The van der Waals surface area contributed by atoms with Crippen molar-refractivity contribution in [1.82, 2.24) is 5.32 Å². The van der Waals surface area contributed by atoms with Crippen LogP contribution in [-0.2, 0) is 0 Å². The molecule has 10 heteroatoms. The molecule has 3 aromatic rings. The molecule has 2 N–H and O–H groups in total. The molecule has 0 aliphatic rings. The molecule has 0 unspecified atom stereocenters. The van der Waals surface area contributed by atoms with Gasteiger partial charge in [0, 0.05) is 11.8 Å². The Labute approximate surface area is 206 Å². The van der Waals surface area contributed by atoms with E-state index in [-0.39, 0.29) is 10.6 Å². The number of halogens is 5. The first-order valence-electron chi connectivity index (χ1n) is 9.07. The van der Waals surface area contributed by atoms with E-state index in [1.54, 1.807) is 32.0 Å². The van der Waals surface area contributed by atoms with Gasteiger partial charge in [0.05, 0.1) is 25.1 Å². The fourth-order valence-corrected chi connectivity index (χ4v) is 3.93. The van der Waals surface area contributed by atoms with Gasteiger partial charge in [0.25, 0.3) is 5.91 Å². The van der Waals surface area contributed by atoms with Crippen molar-refractivity contribution in [3.8, 4) is 11.5 Å². The summed E-state index contributed by atoms with van der Waals surface area (Å²) in [6.45, 7) is 3.41. The monoisotopic (exact) mass is 558 g/mol. The van der Waals surface area contributed by atoms with Gasteiger partial charge in [-0.3, -0.25) is 10.1 Å². The first-order valence-corrected chi connectivity index (χ1v) is 11.0. The van der Waals surface area contributed by atoms with Crippen LogP contribution in [-0.4, -0.2) is 11.9 Å². The summed E-state index contributed by atoms with van der Waals surface area (Å²) in [6, 6.07) is 9.29. The average Bonchev–Trinajstić information content (AvgIpc) is 2.73. The Kier molecular flexibility index (Phi) is 7.67. The van der Waals surface area contributed by atoms with Gasteiger partial charge in [0.1, 0.15) is 17.3 Å². The van der Waals surface area contributed by atoms with Crippen LogP contribution in [0, 0.1) is 19.7 Å². The maximum Gasteiger partial charge on any atom is 0.326 e. The van der Waals surface area contributed by atoms with Gasteiger partial charge in [-0.1, -0.05) is 46.9 Å². The van der Waals surface area contributed by atoms with Crippen LogP contribution in [0.3, 0.4) is 0 Å². The summed E-state index contributed by atoms with van der Waals surface area (Å²) in [6.07, 6.45) is 0. The third-order valence-electron chi connectivity index (χ3n) is 4.43. The summed E-state index contributed by atoms with van der Waals surface area (Å²) in [4.78, 5) is 24.4. The number of aryl methyl sites for hydroxylation is 1. The molecular formula is C22H15BrCl3FN2O3. The molecule has 3 rings (SSSR count). The minimum atomic E-state index is -0.870. The van der Waals surface area contributed by atoms with E-state index in [1.165, 1.54) is 18.2 Å². The minimum Gasteiger partial charge on any atom is -0.454 e. The van der Waals surface area contributed by atoms with Crippen molar-refractivity contribution < 1.29 is 18.7 Å². The van der Waals surface area contributed by atoms with Crippen LogP contribution in [0.5, 0.6) is 11.5 Å². The normalized spacial score (nSPS) is 10.6. The zero-order valence-electron chi connectivity index (χ0n) is 16.7. The van der Waals surface area contributed by atoms with Gasteiger partial charge in [-0.05, 0) is 65.2 Å². The summed E-state index contributed by atoms with van der Waals surface area (Å²) in [5.41, 5.74) is 1.21. The van der Waals surface area contributed by atoms with E-state index in [0.29, 0.717) is 42.8 Å². The lowest BCUT2D eigenvalue weighted by Gasteiger charge is -2.17. The molecule has 0 aliphatic heterocycles. The van der Waals surface area contributed by atoms with Gasteiger partial charge < -0.3 is 10.1 Å². The number of ether oxygens (including phenoxy) is 1. The standard InChI is InChI=1S/C22H15BrCl3FN2O3/c1-10-7-17(28-22(31)29-21(30)12-5-3-4-6-16(12)27)11(2)19(26)20(10)32-18-9-15(25)14(24)8-13(18)23/h3-9H,1-2H3,(H2,28,29,30,31). The van der Waals surface area contributed by atoms with Crippen LogP contribution in [0.25, 0.3) is 0 Å². The molecule has 166 valence electrons. The van der Waals surface area contributed by atoms with Gasteiger partial charge >= 0.3 is 6.03 Å². The van der Waals surface area contributed by atoms with Crippen molar-refractivity contribution >= 4 is 68.4 Å². The van der Waals surface area contributed by atoms with Crippen molar-refractivity contribution in [1.29, 1.82) is 0 Å². The molecular weight excluding hydrogens is 546 g/mol. The number of nitrogens with one attached hydrogen (secondary N) is 2. The molecule has 0 atom stereocenters. The van der Waals surface area contributed by atoms with Crippen molar-refractivity contribution in [2.45, 2.75) is 13.8 Å². The highest BCUT2D eigenvalue weighted by Crippen LogP contribution is 2.42. The number of carbonyl (C=O) groups is 2. The third-order valence-corrected chi connectivity index (χ3v) is 6.23. The summed E-state index contributed by atoms with van der Waals surface area (Å²) in [5, 5.41) is 5.56. The van der Waals surface area contributed by atoms with E-state index in [9.17, 15) is 14.0 Å². The van der Waals surface area contributed by atoms with Gasteiger partial charge in [-0.25, -0.2) is 9.18 Å². The summed E-state index contributed by atoms with van der Waals surface area (Å²) < 4.78 is 20.3. The molecule has 3 aromatic carbocycles. The Hall–Kier alpha value is -2.32. The van der Waals surface area contributed by atoms with Gasteiger partial charge in [0.2, 0.25) is 0 Å². The predicted molar refractivity (Wildman–Crippen MR) is 128 cm³/mol. The average molecular weight is 561 g/mol. The van der Waals surface area contributed by atoms with E-state index in [1.807, 2.05) is 0 Å². The minimum absolute atomic E-state index is 0.246. The summed E-state index contributed by atoms with van der Waals surface area (Å²) in [7, 11) is 0. The van der Waals surface area contributed by atoms with Crippen LogP contribution < -0.4 is 15.4 Å². The molecule has 32 heavy (non-hydrogen) atoms. The van der Waals surface area contributed by atoms with Gasteiger partial charge in [0.15, 0.2) is 0 Å². The lowest BCUT2D eigenvalue weighted by atomic mass is 10.1. The number of carbonyl (C=O) groups excluding carboxylic acids is 2. The molecule has 0 saturated carbocycles. The van der Waals surface area contributed by atoms with E-state index in [0.717, 1.165) is 6.07 Å². The molecule has 0 bridgehead atoms. The second kappa shape index (κ2) is 10.1. The Morgan fingerprint density at radius 2 is 1.69 bits per heavy atom. The molecule has 0 aromatic heterocycles. The molecule has 0 aliphatic carbocycles. The molecule has 5 nitrogen and oxygen atoms in total. The smallest absolute Gasteiger partial charge is 0.326 e. The predicted octanol–water partition coefficient (Wildman–Crippen LogP) is 7.92. The summed E-state index contributed by atoms with van der Waals surface area (Å²) >= 11 is 21.9. The Morgan fingerprint density at radius 1 is 1.03 bits per heavy atom.